The Hall–Kier alpha value is 0.180. The van der Waals surface area contributed by atoms with Crippen molar-refractivity contribution in [1.29, 1.82) is 0 Å². The molecule has 0 aromatic rings. The zero-order valence-electron chi connectivity index (χ0n) is 10.4. The minimum absolute atomic E-state index is 0.373. The molecule has 0 radical (unpaired) electrons. The first-order valence-corrected chi connectivity index (χ1v) is 7.96. The summed E-state index contributed by atoms with van der Waals surface area (Å²) in [6, 6.07) is 0. The quantitative estimate of drug-likeness (QED) is 0.729. The van der Waals surface area contributed by atoms with Gasteiger partial charge in [0, 0.05) is 17.8 Å². The fourth-order valence-electron chi connectivity index (χ4n) is 2.22. The Bertz CT molecular complexity index is 340. The van der Waals surface area contributed by atoms with Gasteiger partial charge in [-0.05, 0) is 33.3 Å². The van der Waals surface area contributed by atoms with E-state index in [0.29, 0.717) is 30.6 Å². The van der Waals surface area contributed by atoms with E-state index in [1.54, 1.807) is 0 Å². The minimum Gasteiger partial charge on any atom is -0.369 e. The maximum atomic E-state index is 12.5. The summed E-state index contributed by atoms with van der Waals surface area (Å²) in [5.74, 6) is 0. The molecule has 0 aromatic carbocycles. The first-order chi connectivity index (χ1) is 7.37. The third-order valence-electron chi connectivity index (χ3n) is 2.69. The second-order valence-corrected chi connectivity index (χ2v) is 7.20. The number of rotatable bonds is 4. The van der Waals surface area contributed by atoms with E-state index in [-0.39, 0.29) is 0 Å². The summed E-state index contributed by atoms with van der Waals surface area (Å²) in [6.45, 7) is 8.55. The van der Waals surface area contributed by atoms with Crippen molar-refractivity contribution in [1.82, 2.24) is 0 Å². The lowest BCUT2D eigenvalue weighted by molar-refractivity contribution is 0.0234. The minimum atomic E-state index is -2.63. The van der Waals surface area contributed by atoms with E-state index in [1.807, 2.05) is 27.7 Å². The zero-order valence-corrected chi connectivity index (χ0v) is 12.0. The molecule has 1 rings (SSSR count). The van der Waals surface area contributed by atoms with Crippen molar-refractivity contribution in [3.8, 4) is 0 Å². The van der Waals surface area contributed by atoms with Gasteiger partial charge in [0.2, 0.25) is 7.37 Å². The Labute approximate surface area is 103 Å². The van der Waals surface area contributed by atoms with Gasteiger partial charge in [0.15, 0.2) is 0 Å². The van der Waals surface area contributed by atoms with Crippen LogP contribution in [0.2, 0.25) is 0 Å². The van der Waals surface area contributed by atoms with Crippen molar-refractivity contribution < 1.29 is 13.8 Å². The number of ether oxygens (including phenoxy) is 1. The molecule has 0 spiro atoms. The van der Waals surface area contributed by atoms with Crippen LogP contribution >= 0.6 is 19.0 Å². The lowest BCUT2D eigenvalue weighted by Crippen LogP contribution is -2.38. The smallest absolute Gasteiger partial charge is 0.210 e. The largest absolute Gasteiger partial charge is 0.369 e. The molecule has 2 atom stereocenters. The highest BCUT2D eigenvalue weighted by molar-refractivity contribution is 7.59. The van der Waals surface area contributed by atoms with Crippen LogP contribution in [0.5, 0.6) is 0 Å². The van der Waals surface area contributed by atoms with E-state index in [4.69, 9.17) is 20.9 Å². The van der Waals surface area contributed by atoms with Crippen LogP contribution < -0.4 is 0 Å². The Morgan fingerprint density at radius 2 is 2.06 bits per heavy atom. The van der Waals surface area contributed by atoms with Crippen molar-refractivity contribution in [3.05, 3.63) is 10.6 Å². The van der Waals surface area contributed by atoms with Gasteiger partial charge in [0.25, 0.3) is 0 Å². The van der Waals surface area contributed by atoms with Gasteiger partial charge in [0.05, 0.1) is 12.8 Å². The molecule has 0 aromatic heterocycles. The molecule has 0 saturated heterocycles. The maximum Gasteiger partial charge on any atom is 0.210 e. The van der Waals surface area contributed by atoms with Gasteiger partial charge in [-0.25, -0.2) is 0 Å². The van der Waals surface area contributed by atoms with Gasteiger partial charge < -0.3 is 9.26 Å². The summed E-state index contributed by atoms with van der Waals surface area (Å²) >= 11 is 6.26. The lowest BCUT2D eigenvalue weighted by atomic mass is 10.1. The molecule has 0 saturated carbocycles. The summed E-state index contributed by atoms with van der Waals surface area (Å²) < 4.78 is 23.6. The van der Waals surface area contributed by atoms with Gasteiger partial charge >= 0.3 is 0 Å². The molecular formula is C11H20ClO3P. The molecule has 0 N–H and O–H groups in total. The Kier molecular flexibility index (Phi) is 4.65. The monoisotopic (exact) mass is 266 g/mol. The molecule has 0 aliphatic carbocycles. The highest BCUT2D eigenvalue weighted by Gasteiger charge is 2.43. The van der Waals surface area contributed by atoms with Crippen LogP contribution in [0.15, 0.2) is 10.6 Å². The standard InChI is InChI=1S/C11H20ClO3P/c1-5-14-11(4)8-16(13,15-6-2)7-9(3)10(11)12/h5-8H2,1-4H3. The summed E-state index contributed by atoms with van der Waals surface area (Å²) in [4.78, 5) is 0. The topological polar surface area (TPSA) is 35.5 Å². The van der Waals surface area contributed by atoms with Crippen LogP contribution in [0, 0.1) is 0 Å². The molecule has 0 bridgehead atoms. The Morgan fingerprint density at radius 1 is 1.44 bits per heavy atom. The highest BCUT2D eigenvalue weighted by Crippen LogP contribution is 2.57. The summed E-state index contributed by atoms with van der Waals surface area (Å²) in [6.07, 6.45) is 0.820. The molecule has 0 amide bonds. The number of hydrogen-bond acceptors (Lipinski definition) is 3. The third kappa shape index (κ3) is 2.89. The van der Waals surface area contributed by atoms with Crippen molar-refractivity contribution in [2.75, 3.05) is 25.5 Å². The fraction of sp³-hybridized carbons (Fsp3) is 0.818. The van der Waals surface area contributed by atoms with Gasteiger partial charge in [-0.15, -0.1) is 0 Å². The molecule has 3 nitrogen and oxygen atoms in total. The van der Waals surface area contributed by atoms with Crippen LogP contribution in [0.4, 0.5) is 0 Å². The molecule has 1 aliphatic rings. The van der Waals surface area contributed by atoms with E-state index in [0.717, 1.165) is 5.57 Å². The van der Waals surface area contributed by atoms with Crippen LogP contribution in [-0.2, 0) is 13.8 Å². The predicted octanol–water partition coefficient (Wildman–Crippen LogP) is 3.62. The van der Waals surface area contributed by atoms with Gasteiger partial charge in [-0.3, -0.25) is 4.57 Å². The fourth-order valence-corrected chi connectivity index (χ4v) is 5.41. The second-order valence-electron chi connectivity index (χ2n) is 4.31. The van der Waals surface area contributed by atoms with E-state index in [1.165, 1.54) is 0 Å². The normalized spacial score (nSPS) is 35.6. The van der Waals surface area contributed by atoms with Gasteiger partial charge in [-0.2, -0.15) is 0 Å². The van der Waals surface area contributed by atoms with Crippen LogP contribution in [0.25, 0.3) is 0 Å². The summed E-state index contributed by atoms with van der Waals surface area (Å²) in [5, 5.41) is 0.681. The predicted molar refractivity (Wildman–Crippen MR) is 67.6 cm³/mol. The Morgan fingerprint density at radius 3 is 2.56 bits per heavy atom. The number of allylic oxidation sites excluding steroid dienone is 1. The SMILES string of the molecule is CCOC1(C)CP(=O)(OCC)CC(C)=C1Cl. The number of hydrogen-bond donors (Lipinski definition) is 0. The molecular weight excluding hydrogens is 247 g/mol. The van der Waals surface area contributed by atoms with Crippen LogP contribution in [-0.4, -0.2) is 31.1 Å². The van der Waals surface area contributed by atoms with E-state index < -0.39 is 13.0 Å². The first-order valence-electron chi connectivity index (χ1n) is 5.59. The van der Waals surface area contributed by atoms with E-state index in [2.05, 4.69) is 0 Å². The lowest BCUT2D eigenvalue weighted by Gasteiger charge is -2.37. The van der Waals surface area contributed by atoms with Gasteiger partial charge in [-0.1, -0.05) is 11.6 Å². The third-order valence-corrected chi connectivity index (χ3v) is 6.18. The summed E-state index contributed by atoms with van der Waals surface area (Å²) in [7, 11) is -2.63. The molecule has 5 heteroatoms. The highest BCUT2D eigenvalue weighted by atomic mass is 35.5. The number of halogens is 1. The van der Waals surface area contributed by atoms with E-state index >= 15 is 0 Å². The maximum absolute atomic E-state index is 12.5. The van der Waals surface area contributed by atoms with Crippen molar-refractivity contribution in [3.63, 3.8) is 0 Å². The molecule has 0 fully saturated rings. The molecule has 94 valence electrons. The summed E-state index contributed by atoms with van der Waals surface area (Å²) in [5.41, 5.74) is 0.268. The average molecular weight is 267 g/mol. The first kappa shape index (κ1) is 14.2. The molecule has 1 heterocycles. The molecule has 16 heavy (non-hydrogen) atoms. The van der Waals surface area contributed by atoms with Crippen molar-refractivity contribution >= 4 is 19.0 Å². The van der Waals surface area contributed by atoms with Crippen molar-refractivity contribution in [2.45, 2.75) is 33.3 Å². The zero-order chi connectivity index (χ0) is 12.4. The van der Waals surface area contributed by atoms with Crippen molar-refractivity contribution in [2.24, 2.45) is 0 Å². The molecule has 1 aliphatic heterocycles. The second kappa shape index (κ2) is 5.22. The van der Waals surface area contributed by atoms with E-state index in [9.17, 15) is 4.57 Å². The van der Waals surface area contributed by atoms with Crippen LogP contribution in [0.3, 0.4) is 0 Å². The van der Waals surface area contributed by atoms with Gasteiger partial charge in [0.1, 0.15) is 5.60 Å². The van der Waals surface area contributed by atoms with Crippen LogP contribution in [0.1, 0.15) is 27.7 Å². The Balaban J connectivity index is 3.03. The molecule has 2 unspecified atom stereocenters. The average Bonchev–Trinajstić information content (AvgIpc) is 2.14.